The van der Waals surface area contributed by atoms with E-state index in [-0.39, 0.29) is 0 Å². The fourth-order valence-corrected chi connectivity index (χ4v) is 0.767. The van der Waals surface area contributed by atoms with Gasteiger partial charge in [0.25, 0.3) is 0 Å². The van der Waals surface area contributed by atoms with E-state index in [2.05, 4.69) is 10.6 Å². The molecular weight excluding hydrogens is 132 g/mol. The molecule has 56 valence electrons. The average molecular weight is 142 g/mol. The van der Waals surface area contributed by atoms with Crippen molar-refractivity contribution in [1.29, 1.82) is 0 Å². The van der Waals surface area contributed by atoms with Crippen LogP contribution in [0.2, 0.25) is 0 Å². The Bertz CT molecular complexity index is 149. The Balaban J connectivity index is 2.55. The van der Waals surface area contributed by atoms with Gasteiger partial charge in [-0.2, -0.15) is 0 Å². The molecule has 0 aromatic heterocycles. The van der Waals surface area contributed by atoms with Crippen LogP contribution >= 0.6 is 0 Å². The van der Waals surface area contributed by atoms with Crippen LogP contribution in [0.5, 0.6) is 0 Å². The van der Waals surface area contributed by atoms with Crippen molar-refractivity contribution >= 4 is 11.8 Å². The van der Waals surface area contributed by atoms with Crippen LogP contribution in [-0.2, 0) is 9.59 Å². The zero-order chi connectivity index (χ0) is 7.56. The van der Waals surface area contributed by atoms with Crippen LogP contribution in [0.4, 0.5) is 0 Å². The Morgan fingerprint density at radius 3 is 2.00 bits per heavy atom. The van der Waals surface area contributed by atoms with Crippen LogP contribution in [0.1, 0.15) is 6.92 Å². The van der Waals surface area contributed by atoms with Gasteiger partial charge in [0.05, 0.1) is 0 Å². The summed E-state index contributed by atoms with van der Waals surface area (Å²) < 4.78 is 0. The molecule has 0 radical (unpaired) electrons. The lowest BCUT2D eigenvalue weighted by Crippen LogP contribution is -2.35. The molecule has 4 heteroatoms. The van der Waals surface area contributed by atoms with Gasteiger partial charge in [-0.1, -0.05) is 6.92 Å². The highest BCUT2D eigenvalue weighted by Gasteiger charge is 2.18. The quantitative estimate of drug-likeness (QED) is 0.420. The monoisotopic (exact) mass is 142 g/mol. The van der Waals surface area contributed by atoms with E-state index in [9.17, 15) is 9.59 Å². The number of hydrogen-bond acceptors (Lipinski definition) is 2. The van der Waals surface area contributed by atoms with Crippen LogP contribution < -0.4 is 10.6 Å². The Morgan fingerprint density at radius 2 is 1.60 bits per heavy atom. The van der Waals surface area contributed by atoms with Gasteiger partial charge >= 0.3 is 11.8 Å². The van der Waals surface area contributed by atoms with Crippen molar-refractivity contribution in [2.24, 2.45) is 5.92 Å². The van der Waals surface area contributed by atoms with Crippen molar-refractivity contribution < 1.29 is 9.59 Å². The molecule has 2 amide bonds. The van der Waals surface area contributed by atoms with E-state index < -0.39 is 11.8 Å². The number of rotatable bonds is 0. The summed E-state index contributed by atoms with van der Waals surface area (Å²) in [5.41, 5.74) is 0. The Labute approximate surface area is 59.0 Å². The molecule has 4 nitrogen and oxygen atoms in total. The molecule has 1 aliphatic rings. The van der Waals surface area contributed by atoms with Gasteiger partial charge in [0.1, 0.15) is 0 Å². The van der Waals surface area contributed by atoms with Gasteiger partial charge in [-0.05, 0) is 5.92 Å². The lowest BCUT2D eigenvalue weighted by molar-refractivity contribution is -0.138. The fraction of sp³-hybridized carbons (Fsp3) is 0.667. The second kappa shape index (κ2) is 2.68. The molecule has 0 atom stereocenters. The van der Waals surface area contributed by atoms with E-state index in [1.807, 2.05) is 6.92 Å². The molecule has 2 N–H and O–H groups in total. The summed E-state index contributed by atoms with van der Waals surface area (Å²) in [4.78, 5) is 21.3. The summed E-state index contributed by atoms with van der Waals surface area (Å²) in [6, 6.07) is 0. The van der Waals surface area contributed by atoms with Gasteiger partial charge in [0, 0.05) is 13.1 Å². The first kappa shape index (κ1) is 7.05. The first-order chi connectivity index (χ1) is 4.70. The number of nitrogens with one attached hydrogen (secondary N) is 2. The molecule has 0 aliphatic carbocycles. The molecule has 1 aliphatic heterocycles. The molecule has 0 bridgehead atoms. The number of amides is 2. The predicted octanol–water partition coefficient (Wildman–Crippen LogP) is -1.13. The Hall–Kier alpha value is -1.06. The van der Waals surface area contributed by atoms with Crippen LogP contribution in [0.3, 0.4) is 0 Å². The van der Waals surface area contributed by atoms with Crippen LogP contribution in [-0.4, -0.2) is 24.9 Å². The Kier molecular flexibility index (Phi) is 1.89. The average Bonchev–Trinajstić information content (AvgIpc) is 2.04. The summed E-state index contributed by atoms with van der Waals surface area (Å²) in [5.74, 6) is -0.718. The van der Waals surface area contributed by atoms with Gasteiger partial charge in [0.15, 0.2) is 0 Å². The first-order valence-corrected chi connectivity index (χ1v) is 3.26. The van der Waals surface area contributed by atoms with Crippen molar-refractivity contribution in [3.63, 3.8) is 0 Å². The zero-order valence-corrected chi connectivity index (χ0v) is 5.81. The van der Waals surface area contributed by atoms with E-state index in [0.717, 1.165) is 0 Å². The maximum Gasteiger partial charge on any atom is 0.309 e. The van der Waals surface area contributed by atoms with Gasteiger partial charge in [-0.15, -0.1) is 0 Å². The van der Waals surface area contributed by atoms with Gasteiger partial charge in [-0.25, -0.2) is 0 Å². The van der Waals surface area contributed by atoms with E-state index in [1.165, 1.54) is 0 Å². The number of hydrogen-bond donors (Lipinski definition) is 2. The minimum atomic E-state index is -0.524. The topological polar surface area (TPSA) is 58.2 Å². The predicted molar refractivity (Wildman–Crippen MR) is 35.2 cm³/mol. The molecule has 0 aromatic carbocycles. The molecular formula is C6H10N2O2. The van der Waals surface area contributed by atoms with Crippen molar-refractivity contribution in [1.82, 2.24) is 10.6 Å². The lowest BCUT2D eigenvalue weighted by atomic mass is 10.2. The molecule has 10 heavy (non-hydrogen) atoms. The normalized spacial score (nSPS) is 21.3. The smallest absolute Gasteiger partial charge is 0.309 e. The maximum atomic E-state index is 10.6. The third-order valence-corrected chi connectivity index (χ3v) is 1.43. The van der Waals surface area contributed by atoms with Crippen molar-refractivity contribution in [2.45, 2.75) is 6.92 Å². The van der Waals surface area contributed by atoms with Crippen molar-refractivity contribution in [2.75, 3.05) is 13.1 Å². The van der Waals surface area contributed by atoms with Gasteiger partial charge in [-0.3, -0.25) is 9.59 Å². The molecule has 1 rings (SSSR count). The highest BCUT2D eigenvalue weighted by Crippen LogP contribution is 1.92. The fourth-order valence-electron chi connectivity index (χ4n) is 0.767. The van der Waals surface area contributed by atoms with Crippen molar-refractivity contribution in [3.05, 3.63) is 0 Å². The molecule has 0 saturated carbocycles. The SMILES string of the molecule is CC1CNC(=O)C(=O)NC1. The highest BCUT2D eigenvalue weighted by molar-refractivity contribution is 6.35. The second-order valence-electron chi connectivity index (χ2n) is 2.53. The molecule has 1 fully saturated rings. The highest BCUT2D eigenvalue weighted by atomic mass is 16.2. The summed E-state index contributed by atoms with van der Waals surface area (Å²) in [6.07, 6.45) is 0. The second-order valence-corrected chi connectivity index (χ2v) is 2.53. The third kappa shape index (κ3) is 1.46. The minimum Gasteiger partial charge on any atom is -0.348 e. The molecule has 1 heterocycles. The van der Waals surface area contributed by atoms with E-state index in [0.29, 0.717) is 19.0 Å². The third-order valence-electron chi connectivity index (χ3n) is 1.43. The standard InChI is InChI=1S/C6H10N2O2/c1-4-2-7-5(9)6(10)8-3-4/h4H,2-3H2,1H3,(H,7,9)(H,8,10). The van der Waals surface area contributed by atoms with Crippen LogP contribution in [0.15, 0.2) is 0 Å². The number of carbonyl (C=O) groups excluding carboxylic acids is 2. The summed E-state index contributed by atoms with van der Waals surface area (Å²) >= 11 is 0. The van der Waals surface area contributed by atoms with Gasteiger partial charge < -0.3 is 10.6 Å². The minimum absolute atomic E-state index is 0.329. The molecule has 0 aromatic rings. The molecule has 0 unspecified atom stereocenters. The van der Waals surface area contributed by atoms with Crippen LogP contribution in [0.25, 0.3) is 0 Å². The largest absolute Gasteiger partial charge is 0.348 e. The first-order valence-electron chi connectivity index (χ1n) is 3.26. The lowest BCUT2D eigenvalue weighted by Gasteiger charge is -2.03. The maximum absolute atomic E-state index is 10.6. The zero-order valence-electron chi connectivity index (χ0n) is 5.81. The number of carbonyl (C=O) groups is 2. The molecule has 0 spiro atoms. The summed E-state index contributed by atoms with van der Waals surface area (Å²) in [6.45, 7) is 3.13. The molecule has 1 saturated heterocycles. The van der Waals surface area contributed by atoms with Crippen molar-refractivity contribution in [3.8, 4) is 0 Å². The van der Waals surface area contributed by atoms with E-state index in [4.69, 9.17) is 0 Å². The van der Waals surface area contributed by atoms with Crippen LogP contribution in [0, 0.1) is 5.92 Å². The summed E-state index contributed by atoms with van der Waals surface area (Å²) in [7, 11) is 0. The summed E-state index contributed by atoms with van der Waals surface area (Å²) in [5, 5.41) is 4.99. The van der Waals surface area contributed by atoms with Gasteiger partial charge in [0.2, 0.25) is 0 Å². The van der Waals surface area contributed by atoms with E-state index >= 15 is 0 Å². The Morgan fingerprint density at radius 1 is 1.20 bits per heavy atom. The van der Waals surface area contributed by atoms with E-state index in [1.54, 1.807) is 0 Å².